The van der Waals surface area contributed by atoms with Gasteiger partial charge in [-0.25, -0.2) is 0 Å². The molecule has 0 heterocycles. The first-order valence-electron chi connectivity index (χ1n) is 8.91. The van der Waals surface area contributed by atoms with Gasteiger partial charge in [-0.1, -0.05) is 72.8 Å². The molecule has 1 aliphatic carbocycles. The molecule has 3 atom stereocenters. The fraction of sp³-hybridized carbons (Fsp3) is 0.348. The van der Waals surface area contributed by atoms with E-state index in [1.54, 1.807) is 6.92 Å². The van der Waals surface area contributed by atoms with Gasteiger partial charge in [-0.2, -0.15) is 0 Å². The van der Waals surface area contributed by atoms with Crippen molar-refractivity contribution in [2.24, 2.45) is 5.92 Å². The smallest absolute Gasteiger partial charge is 0.142 e. The summed E-state index contributed by atoms with van der Waals surface area (Å²) in [4.78, 5) is 12.8. The molecule has 1 saturated carbocycles. The average molecular weight is 334 g/mol. The van der Waals surface area contributed by atoms with Crippen LogP contribution in [0.4, 0.5) is 0 Å². The maximum absolute atomic E-state index is 12.8. The summed E-state index contributed by atoms with van der Waals surface area (Å²) < 4.78 is 6.34. The molecule has 130 valence electrons. The fourth-order valence-electron chi connectivity index (χ4n) is 4.03. The van der Waals surface area contributed by atoms with E-state index in [9.17, 15) is 4.79 Å². The number of hydrogen-bond donors (Lipinski definition) is 0. The number of allylic oxidation sites excluding steroid dienone is 1. The molecule has 2 heteroatoms. The van der Waals surface area contributed by atoms with E-state index in [1.165, 1.54) is 0 Å². The third-order valence-corrected chi connectivity index (χ3v) is 5.52. The maximum atomic E-state index is 12.8. The van der Waals surface area contributed by atoms with E-state index in [-0.39, 0.29) is 11.9 Å². The summed E-state index contributed by atoms with van der Waals surface area (Å²) in [5.41, 5.74) is 2.74. The molecule has 0 unspecified atom stereocenters. The largest absolute Gasteiger partial charge is 0.372 e. The van der Waals surface area contributed by atoms with Gasteiger partial charge in [-0.05, 0) is 43.7 Å². The second-order valence-corrected chi connectivity index (χ2v) is 7.16. The van der Waals surface area contributed by atoms with Crippen LogP contribution in [0.25, 0.3) is 0 Å². The number of carbonyl (C=O) groups is 1. The number of rotatable bonds is 6. The van der Waals surface area contributed by atoms with E-state index in [0.29, 0.717) is 12.5 Å². The Labute approximate surface area is 150 Å². The van der Waals surface area contributed by atoms with Crippen LogP contribution in [0.3, 0.4) is 0 Å². The van der Waals surface area contributed by atoms with Gasteiger partial charge in [0, 0.05) is 0 Å². The van der Waals surface area contributed by atoms with Gasteiger partial charge in [0.15, 0.2) is 0 Å². The zero-order valence-electron chi connectivity index (χ0n) is 15.1. The molecule has 1 fully saturated rings. The molecule has 25 heavy (non-hydrogen) atoms. The van der Waals surface area contributed by atoms with Crippen molar-refractivity contribution in [1.82, 2.24) is 0 Å². The van der Waals surface area contributed by atoms with Gasteiger partial charge in [-0.3, -0.25) is 4.79 Å². The van der Waals surface area contributed by atoms with Crippen LogP contribution in [0.1, 0.15) is 37.8 Å². The Balaban J connectivity index is 1.94. The molecule has 2 aromatic carbocycles. The lowest BCUT2D eigenvalue weighted by atomic mass is 9.73. The van der Waals surface area contributed by atoms with Crippen LogP contribution < -0.4 is 0 Å². The molecule has 3 rings (SSSR count). The molecule has 0 saturated heterocycles. The summed E-state index contributed by atoms with van der Waals surface area (Å²) in [6, 6.07) is 20.3. The lowest BCUT2D eigenvalue weighted by Gasteiger charge is -2.33. The zero-order chi connectivity index (χ0) is 17.9. The Kier molecular flexibility index (Phi) is 5.19. The van der Waals surface area contributed by atoms with Gasteiger partial charge < -0.3 is 4.74 Å². The maximum Gasteiger partial charge on any atom is 0.142 e. The summed E-state index contributed by atoms with van der Waals surface area (Å²) in [6.07, 6.45) is 1.49. The fourth-order valence-corrected chi connectivity index (χ4v) is 4.03. The van der Waals surface area contributed by atoms with Crippen molar-refractivity contribution in [2.45, 2.75) is 44.8 Å². The minimum absolute atomic E-state index is 0.130. The van der Waals surface area contributed by atoms with Crippen molar-refractivity contribution in [2.75, 3.05) is 0 Å². The molecule has 0 bridgehead atoms. The highest BCUT2D eigenvalue weighted by Gasteiger charge is 2.52. The predicted molar refractivity (Wildman–Crippen MR) is 101 cm³/mol. The molecule has 2 nitrogen and oxygen atoms in total. The number of benzene rings is 2. The average Bonchev–Trinajstić information content (AvgIpc) is 3.03. The van der Waals surface area contributed by atoms with Crippen molar-refractivity contribution in [3.63, 3.8) is 0 Å². The van der Waals surface area contributed by atoms with Crippen LogP contribution in [0.2, 0.25) is 0 Å². The molecule has 0 aromatic heterocycles. The van der Waals surface area contributed by atoms with E-state index in [0.717, 1.165) is 29.5 Å². The van der Waals surface area contributed by atoms with Crippen LogP contribution in [-0.4, -0.2) is 11.9 Å². The van der Waals surface area contributed by atoms with E-state index in [1.807, 2.05) is 36.4 Å². The lowest BCUT2D eigenvalue weighted by molar-refractivity contribution is -0.128. The second-order valence-electron chi connectivity index (χ2n) is 7.16. The molecule has 2 aromatic rings. The minimum Gasteiger partial charge on any atom is -0.372 e. The van der Waals surface area contributed by atoms with Gasteiger partial charge in [-0.15, -0.1) is 0 Å². The Bertz CT molecular complexity index is 735. The van der Waals surface area contributed by atoms with Gasteiger partial charge in [0.25, 0.3) is 0 Å². The Morgan fingerprint density at radius 1 is 1.08 bits per heavy atom. The van der Waals surface area contributed by atoms with Crippen molar-refractivity contribution >= 4 is 5.78 Å². The standard InChI is InChI=1S/C23H26O2/c1-17(2)20-14-22(25-16-19-10-6-4-7-11-19)23(15-20,18(3)24)21-12-8-5-9-13-21/h4-13,20,22H,1,14-16H2,2-3H3/t20-,22+,23-/m0/s1. The van der Waals surface area contributed by atoms with Crippen molar-refractivity contribution in [1.29, 1.82) is 0 Å². The molecular formula is C23H26O2. The van der Waals surface area contributed by atoms with E-state index in [2.05, 4.69) is 37.8 Å². The van der Waals surface area contributed by atoms with Gasteiger partial charge in [0.1, 0.15) is 5.78 Å². The summed E-state index contributed by atoms with van der Waals surface area (Å²) in [5, 5.41) is 0. The molecule has 0 radical (unpaired) electrons. The number of ketones is 1. The van der Waals surface area contributed by atoms with Gasteiger partial charge in [0.05, 0.1) is 18.1 Å². The number of Topliss-reactive ketones (excluding diaryl/α,β-unsaturated/α-hetero) is 1. The first kappa shape index (κ1) is 17.6. The molecular weight excluding hydrogens is 308 g/mol. The molecule has 0 spiro atoms. The third kappa shape index (κ3) is 3.45. The Morgan fingerprint density at radius 3 is 2.24 bits per heavy atom. The van der Waals surface area contributed by atoms with Crippen molar-refractivity contribution < 1.29 is 9.53 Å². The minimum atomic E-state index is -0.584. The summed E-state index contributed by atoms with van der Waals surface area (Å²) in [6.45, 7) is 8.42. The summed E-state index contributed by atoms with van der Waals surface area (Å²) in [7, 11) is 0. The first-order valence-corrected chi connectivity index (χ1v) is 8.91. The van der Waals surface area contributed by atoms with Crippen molar-refractivity contribution in [3.05, 3.63) is 83.9 Å². The number of carbonyl (C=O) groups excluding carboxylic acids is 1. The molecule has 0 amide bonds. The highest BCUT2D eigenvalue weighted by molar-refractivity contribution is 5.89. The molecule has 1 aliphatic rings. The van der Waals surface area contributed by atoms with E-state index in [4.69, 9.17) is 4.74 Å². The van der Waals surface area contributed by atoms with Crippen LogP contribution in [0.5, 0.6) is 0 Å². The normalized spacial score (nSPS) is 25.7. The zero-order valence-corrected chi connectivity index (χ0v) is 15.1. The van der Waals surface area contributed by atoms with Crippen LogP contribution >= 0.6 is 0 Å². The lowest BCUT2D eigenvalue weighted by Crippen LogP contribution is -2.43. The Hall–Kier alpha value is -2.19. The highest BCUT2D eigenvalue weighted by Crippen LogP contribution is 2.48. The second kappa shape index (κ2) is 7.37. The number of ether oxygens (including phenoxy) is 1. The van der Waals surface area contributed by atoms with E-state index >= 15 is 0 Å². The quantitative estimate of drug-likeness (QED) is 0.688. The Morgan fingerprint density at radius 2 is 1.68 bits per heavy atom. The van der Waals surface area contributed by atoms with Gasteiger partial charge >= 0.3 is 0 Å². The van der Waals surface area contributed by atoms with Crippen LogP contribution in [0.15, 0.2) is 72.8 Å². The summed E-state index contributed by atoms with van der Waals surface area (Å²) >= 11 is 0. The third-order valence-electron chi connectivity index (χ3n) is 5.52. The first-order chi connectivity index (χ1) is 12.0. The highest BCUT2D eigenvalue weighted by atomic mass is 16.5. The summed E-state index contributed by atoms with van der Waals surface area (Å²) in [5.74, 6) is 0.491. The van der Waals surface area contributed by atoms with Crippen LogP contribution in [0, 0.1) is 5.92 Å². The van der Waals surface area contributed by atoms with Crippen molar-refractivity contribution in [3.8, 4) is 0 Å². The predicted octanol–water partition coefficient (Wildman–Crippen LogP) is 5.08. The van der Waals surface area contributed by atoms with E-state index < -0.39 is 5.41 Å². The monoisotopic (exact) mass is 334 g/mol. The molecule has 0 aliphatic heterocycles. The SMILES string of the molecule is C=C(C)[C@H]1C[C@@H](OCc2ccccc2)[C@@](C(C)=O)(c2ccccc2)C1. The molecule has 0 N–H and O–H groups in total. The van der Waals surface area contributed by atoms with Gasteiger partial charge in [0.2, 0.25) is 0 Å². The number of hydrogen-bond acceptors (Lipinski definition) is 2. The van der Waals surface area contributed by atoms with Crippen LogP contribution in [-0.2, 0) is 21.6 Å². The topological polar surface area (TPSA) is 26.3 Å².